The highest BCUT2D eigenvalue weighted by Gasteiger charge is 2.33. The van der Waals surface area contributed by atoms with E-state index in [9.17, 15) is 18.0 Å². The molecule has 41 heavy (non-hydrogen) atoms. The summed E-state index contributed by atoms with van der Waals surface area (Å²) in [7, 11) is -4.16. The second-order valence-corrected chi connectivity index (χ2v) is 13.6. The highest BCUT2D eigenvalue weighted by Crippen LogP contribution is 2.27. The van der Waals surface area contributed by atoms with Crippen molar-refractivity contribution in [3.63, 3.8) is 0 Å². The molecule has 0 fully saturated rings. The molecule has 0 unspecified atom stereocenters. The Kier molecular flexibility index (Phi) is 10.6. The van der Waals surface area contributed by atoms with Gasteiger partial charge < -0.3 is 15.0 Å². The van der Waals surface area contributed by atoms with Gasteiger partial charge in [-0.05, 0) is 95.6 Å². The van der Waals surface area contributed by atoms with Crippen LogP contribution in [0.4, 0.5) is 5.69 Å². The minimum Gasteiger partial charge on any atom is -0.494 e. The van der Waals surface area contributed by atoms with E-state index in [-0.39, 0.29) is 17.3 Å². The molecule has 2 amide bonds. The van der Waals surface area contributed by atoms with Gasteiger partial charge in [-0.3, -0.25) is 13.9 Å². The molecule has 0 aliphatic rings. The van der Waals surface area contributed by atoms with Gasteiger partial charge in [0, 0.05) is 16.6 Å². The number of carbonyl (C=O) groups excluding carboxylic acids is 2. The number of hydrogen-bond acceptors (Lipinski definition) is 5. The van der Waals surface area contributed by atoms with Crippen LogP contribution in [-0.4, -0.2) is 49.9 Å². The second kappa shape index (κ2) is 13.5. The molecule has 0 aliphatic heterocycles. The van der Waals surface area contributed by atoms with Gasteiger partial charge in [0.05, 0.1) is 17.2 Å². The van der Waals surface area contributed by atoms with Gasteiger partial charge in [0.2, 0.25) is 11.8 Å². The van der Waals surface area contributed by atoms with Gasteiger partial charge in [-0.25, -0.2) is 8.42 Å². The molecule has 0 heterocycles. The lowest BCUT2D eigenvalue weighted by Crippen LogP contribution is -2.54. The number of aryl methyl sites for hydroxylation is 1. The average molecular weight is 645 g/mol. The molecular formula is C31H38BrN3O5S. The summed E-state index contributed by atoms with van der Waals surface area (Å²) in [6, 6.07) is 19.6. The van der Waals surface area contributed by atoms with E-state index >= 15 is 0 Å². The van der Waals surface area contributed by atoms with Gasteiger partial charge >= 0.3 is 0 Å². The van der Waals surface area contributed by atoms with E-state index in [4.69, 9.17) is 4.74 Å². The normalized spacial score (nSPS) is 12.4. The fourth-order valence-corrected chi connectivity index (χ4v) is 5.88. The minimum absolute atomic E-state index is 0.0335. The van der Waals surface area contributed by atoms with E-state index in [0.717, 1.165) is 19.9 Å². The Morgan fingerprint density at radius 1 is 1.00 bits per heavy atom. The van der Waals surface area contributed by atoms with Gasteiger partial charge in [0.1, 0.15) is 18.3 Å². The van der Waals surface area contributed by atoms with Gasteiger partial charge in [-0.2, -0.15) is 0 Å². The predicted octanol–water partition coefficient (Wildman–Crippen LogP) is 5.68. The summed E-state index contributed by atoms with van der Waals surface area (Å²) in [5.41, 5.74) is 1.63. The molecule has 3 aromatic rings. The Morgan fingerprint density at radius 2 is 1.63 bits per heavy atom. The molecule has 3 rings (SSSR count). The number of sulfonamides is 1. The first-order valence-electron chi connectivity index (χ1n) is 13.4. The van der Waals surface area contributed by atoms with Crippen molar-refractivity contribution in [3.05, 3.63) is 88.4 Å². The highest BCUT2D eigenvalue weighted by atomic mass is 79.9. The maximum atomic E-state index is 14.0. The molecule has 1 N–H and O–H groups in total. The standard InChI is InChI=1S/C31H38BrN3O5S/c1-7-40-27-15-13-26(14-16-27)35(41(38,39)28-17-11-25(32)12-18-28)21-29(36)34(20-24-10-8-9-22(2)19-24)23(3)30(37)33-31(4,5)6/h8-19,23H,7,20-21H2,1-6H3,(H,33,37)/t23-/m1/s1. The summed E-state index contributed by atoms with van der Waals surface area (Å²) in [5, 5.41) is 2.93. The summed E-state index contributed by atoms with van der Waals surface area (Å²) in [4.78, 5) is 28.7. The highest BCUT2D eigenvalue weighted by molar-refractivity contribution is 9.10. The van der Waals surface area contributed by atoms with Gasteiger partial charge in [0.25, 0.3) is 10.0 Å². The van der Waals surface area contributed by atoms with E-state index in [1.54, 1.807) is 43.3 Å². The van der Waals surface area contributed by atoms with Crippen LogP contribution in [-0.2, 0) is 26.2 Å². The van der Waals surface area contributed by atoms with Crippen molar-refractivity contribution in [2.45, 2.75) is 64.6 Å². The van der Waals surface area contributed by atoms with Crippen molar-refractivity contribution in [1.82, 2.24) is 10.2 Å². The molecule has 8 nitrogen and oxygen atoms in total. The van der Waals surface area contributed by atoms with E-state index < -0.39 is 34.1 Å². The second-order valence-electron chi connectivity index (χ2n) is 10.8. The molecule has 0 saturated carbocycles. The number of hydrogen-bond donors (Lipinski definition) is 1. The number of halogens is 1. The first-order valence-corrected chi connectivity index (χ1v) is 15.6. The van der Waals surface area contributed by atoms with Crippen LogP contribution in [0.5, 0.6) is 5.75 Å². The molecule has 10 heteroatoms. The van der Waals surface area contributed by atoms with Crippen molar-refractivity contribution < 1.29 is 22.7 Å². The van der Waals surface area contributed by atoms with Crippen molar-refractivity contribution in [2.75, 3.05) is 17.5 Å². The zero-order valence-corrected chi connectivity index (χ0v) is 26.8. The summed E-state index contributed by atoms with van der Waals surface area (Å²) in [6.07, 6.45) is 0. The Hall–Kier alpha value is -3.37. The van der Waals surface area contributed by atoms with Crippen molar-refractivity contribution in [1.29, 1.82) is 0 Å². The minimum atomic E-state index is -4.16. The third kappa shape index (κ3) is 8.81. The first-order chi connectivity index (χ1) is 19.2. The summed E-state index contributed by atoms with van der Waals surface area (Å²) < 4.78 is 35.2. The van der Waals surface area contributed by atoms with Crippen LogP contribution in [0.3, 0.4) is 0 Å². The fraction of sp³-hybridized carbons (Fsp3) is 0.355. The van der Waals surface area contributed by atoms with E-state index in [1.807, 2.05) is 58.9 Å². The molecular weight excluding hydrogens is 606 g/mol. The first kappa shape index (κ1) is 32.1. The maximum absolute atomic E-state index is 14.0. The molecule has 3 aromatic carbocycles. The average Bonchev–Trinajstić information content (AvgIpc) is 2.90. The fourth-order valence-electron chi connectivity index (χ4n) is 4.20. The number of carbonyl (C=O) groups is 2. The van der Waals surface area contributed by atoms with E-state index in [0.29, 0.717) is 18.0 Å². The van der Waals surface area contributed by atoms with E-state index in [1.165, 1.54) is 17.0 Å². The number of benzene rings is 3. The van der Waals surface area contributed by atoms with Crippen LogP contribution in [0.2, 0.25) is 0 Å². The van der Waals surface area contributed by atoms with Crippen LogP contribution in [0.25, 0.3) is 0 Å². The van der Waals surface area contributed by atoms with Crippen LogP contribution < -0.4 is 14.4 Å². The maximum Gasteiger partial charge on any atom is 0.264 e. The van der Waals surface area contributed by atoms with Crippen LogP contribution in [0.1, 0.15) is 45.7 Å². The summed E-state index contributed by atoms with van der Waals surface area (Å²) >= 11 is 3.34. The largest absolute Gasteiger partial charge is 0.494 e. The zero-order chi connectivity index (χ0) is 30.4. The van der Waals surface area contributed by atoms with Crippen LogP contribution in [0, 0.1) is 6.92 Å². The monoisotopic (exact) mass is 643 g/mol. The number of amides is 2. The Balaban J connectivity index is 2.04. The van der Waals surface area contributed by atoms with Gasteiger partial charge in [-0.15, -0.1) is 0 Å². The van der Waals surface area contributed by atoms with Crippen molar-refractivity contribution in [3.8, 4) is 5.75 Å². The number of anilines is 1. The molecule has 220 valence electrons. The third-order valence-electron chi connectivity index (χ3n) is 6.22. The van der Waals surface area contributed by atoms with Gasteiger partial charge in [-0.1, -0.05) is 45.8 Å². The number of nitrogens with one attached hydrogen (secondary N) is 1. The van der Waals surface area contributed by atoms with Crippen LogP contribution >= 0.6 is 15.9 Å². The zero-order valence-electron chi connectivity index (χ0n) is 24.3. The Morgan fingerprint density at radius 3 is 2.20 bits per heavy atom. The van der Waals surface area contributed by atoms with Gasteiger partial charge in [0.15, 0.2) is 0 Å². The van der Waals surface area contributed by atoms with Crippen LogP contribution in [0.15, 0.2) is 82.2 Å². The number of nitrogens with zero attached hydrogens (tertiary/aromatic N) is 2. The molecule has 0 bridgehead atoms. The van der Waals surface area contributed by atoms with E-state index in [2.05, 4.69) is 21.2 Å². The molecule has 0 saturated heterocycles. The lowest BCUT2D eigenvalue weighted by atomic mass is 10.1. The SMILES string of the molecule is CCOc1ccc(N(CC(=O)N(Cc2cccc(C)c2)[C@H](C)C(=O)NC(C)(C)C)S(=O)(=O)c2ccc(Br)cc2)cc1. The Labute approximate surface area is 251 Å². The van der Waals surface area contributed by atoms with Crippen molar-refractivity contribution in [2.24, 2.45) is 0 Å². The molecule has 0 aliphatic carbocycles. The summed E-state index contributed by atoms with van der Waals surface area (Å²) in [5.74, 6) is -0.267. The lowest BCUT2D eigenvalue weighted by molar-refractivity contribution is -0.140. The number of ether oxygens (including phenoxy) is 1. The summed E-state index contributed by atoms with van der Waals surface area (Å²) in [6.45, 7) is 11.1. The predicted molar refractivity (Wildman–Crippen MR) is 165 cm³/mol. The number of rotatable bonds is 11. The third-order valence-corrected chi connectivity index (χ3v) is 8.53. The topological polar surface area (TPSA) is 96.0 Å². The quantitative estimate of drug-likeness (QED) is 0.290. The smallest absolute Gasteiger partial charge is 0.264 e. The lowest BCUT2D eigenvalue weighted by Gasteiger charge is -2.33. The molecule has 0 radical (unpaired) electrons. The van der Waals surface area contributed by atoms with Crippen molar-refractivity contribution >= 4 is 43.5 Å². The molecule has 0 spiro atoms. The molecule has 0 aromatic heterocycles. The molecule has 1 atom stereocenters. The Bertz CT molecular complexity index is 1450.